The number of hydrazone groups is 1. The summed E-state index contributed by atoms with van der Waals surface area (Å²) >= 11 is 1.55. The van der Waals surface area contributed by atoms with E-state index >= 15 is 0 Å². The minimum Gasteiger partial charge on any atom is -0.595 e. The number of quaternary nitrogens is 1. The standard InChI is InChI=1S/C15H18N4O2S/c1-10-8-15(2,3)16-14-18(17-10)13(9-22-14)11-4-6-12(7-5-11)19(20)21/h4-7,9,19-20H,8H2,1-3H3. The molecule has 116 valence electrons. The first-order valence-electron chi connectivity index (χ1n) is 7.00. The van der Waals surface area contributed by atoms with Gasteiger partial charge in [0.1, 0.15) is 0 Å². The highest BCUT2D eigenvalue weighted by atomic mass is 32.2. The number of rotatable bonds is 2. The monoisotopic (exact) mass is 318 g/mol. The minimum atomic E-state index is -0.922. The third-order valence-electron chi connectivity index (χ3n) is 3.47. The van der Waals surface area contributed by atoms with E-state index in [-0.39, 0.29) is 11.2 Å². The Morgan fingerprint density at radius 2 is 2.00 bits per heavy atom. The molecule has 2 heterocycles. The van der Waals surface area contributed by atoms with Gasteiger partial charge in [-0.1, -0.05) is 11.8 Å². The molecule has 0 bridgehead atoms. The number of hydrogen-bond donors (Lipinski definition) is 2. The summed E-state index contributed by atoms with van der Waals surface area (Å²) in [5, 5.41) is 28.4. The number of nitrogens with zero attached hydrogens (tertiary/aromatic N) is 3. The van der Waals surface area contributed by atoms with E-state index in [1.54, 1.807) is 36.0 Å². The summed E-state index contributed by atoms with van der Waals surface area (Å²) in [4.78, 5) is 4.79. The maximum atomic E-state index is 11.0. The van der Waals surface area contributed by atoms with Gasteiger partial charge in [-0.2, -0.15) is 10.3 Å². The molecule has 0 saturated carbocycles. The second-order valence-corrected chi connectivity index (χ2v) is 6.87. The van der Waals surface area contributed by atoms with Crippen molar-refractivity contribution in [1.29, 1.82) is 0 Å². The molecule has 3 rings (SSSR count). The zero-order valence-corrected chi connectivity index (χ0v) is 13.5. The van der Waals surface area contributed by atoms with E-state index in [2.05, 4.69) is 18.9 Å². The second kappa shape index (κ2) is 5.51. The first-order chi connectivity index (χ1) is 10.4. The highest BCUT2D eigenvalue weighted by Gasteiger charge is 2.31. The van der Waals surface area contributed by atoms with Crippen molar-refractivity contribution in [3.8, 4) is 0 Å². The van der Waals surface area contributed by atoms with Crippen molar-refractivity contribution in [2.75, 3.05) is 0 Å². The molecule has 0 aliphatic carbocycles. The summed E-state index contributed by atoms with van der Waals surface area (Å²) in [6.07, 6.45) is 0.818. The van der Waals surface area contributed by atoms with Gasteiger partial charge in [0.25, 0.3) is 0 Å². The lowest BCUT2D eigenvalue weighted by Gasteiger charge is -2.18. The van der Waals surface area contributed by atoms with Gasteiger partial charge in [0.05, 0.1) is 11.2 Å². The SMILES string of the molecule is CC1=NN2C(c3ccc([NH+]([O-])O)cc3)=CSC2=NC(C)(C)C1. The van der Waals surface area contributed by atoms with Gasteiger partial charge in [0.2, 0.25) is 0 Å². The van der Waals surface area contributed by atoms with Crippen LogP contribution in [0.1, 0.15) is 32.8 Å². The molecule has 1 aromatic rings. The van der Waals surface area contributed by atoms with E-state index in [1.165, 1.54) is 0 Å². The normalized spacial score (nSPS) is 21.5. The Labute approximate surface area is 133 Å². The molecular weight excluding hydrogens is 300 g/mol. The largest absolute Gasteiger partial charge is 0.595 e. The Kier molecular flexibility index (Phi) is 3.82. The van der Waals surface area contributed by atoms with Gasteiger partial charge in [0.15, 0.2) is 10.9 Å². The van der Waals surface area contributed by atoms with Gasteiger partial charge < -0.3 is 5.21 Å². The topological polar surface area (TPSA) is 75.7 Å². The zero-order valence-electron chi connectivity index (χ0n) is 12.7. The average Bonchev–Trinajstić information content (AvgIpc) is 2.74. The second-order valence-electron chi connectivity index (χ2n) is 6.03. The van der Waals surface area contributed by atoms with Crippen molar-refractivity contribution in [2.45, 2.75) is 32.7 Å². The molecule has 0 radical (unpaired) electrons. The lowest BCUT2D eigenvalue weighted by Crippen LogP contribution is -2.99. The third kappa shape index (κ3) is 2.93. The minimum absolute atomic E-state index is 0.166. The molecule has 2 aliphatic rings. The van der Waals surface area contributed by atoms with Crippen LogP contribution in [0.3, 0.4) is 0 Å². The third-order valence-corrected chi connectivity index (χ3v) is 4.29. The number of fused-ring (bicyclic) bond motifs is 1. The molecule has 1 atom stereocenters. The number of aliphatic imine (C=N–C) groups is 1. The van der Waals surface area contributed by atoms with E-state index in [4.69, 9.17) is 10.2 Å². The Bertz CT molecular complexity index is 677. The smallest absolute Gasteiger partial charge is 0.189 e. The van der Waals surface area contributed by atoms with Gasteiger partial charge in [-0.05, 0) is 32.9 Å². The lowest BCUT2D eigenvalue weighted by molar-refractivity contribution is -0.991. The summed E-state index contributed by atoms with van der Waals surface area (Å²) in [6.45, 7) is 6.21. The summed E-state index contributed by atoms with van der Waals surface area (Å²) in [5.74, 6) is 0. The molecule has 0 amide bonds. The Hall–Kier alpha value is -1.67. The number of nitrogens with one attached hydrogen (secondary N) is 1. The van der Waals surface area contributed by atoms with Crippen LogP contribution in [-0.4, -0.2) is 26.6 Å². The van der Waals surface area contributed by atoms with Crippen LogP contribution in [0.5, 0.6) is 0 Å². The lowest BCUT2D eigenvalue weighted by atomic mass is 9.99. The fourth-order valence-electron chi connectivity index (χ4n) is 2.59. The molecule has 2 aliphatic heterocycles. The summed E-state index contributed by atoms with van der Waals surface area (Å²) in [5.41, 5.74) is 3.00. The molecule has 6 nitrogen and oxygen atoms in total. The molecule has 0 fully saturated rings. The predicted molar refractivity (Wildman–Crippen MR) is 88.9 cm³/mol. The van der Waals surface area contributed by atoms with Crippen LogP contribution in [0.2, 0.25) is 0 Å². The number of amidine groups is 1. The maximum absolute atomic E-state index is 11.0. The maximum Gasteiger partial charge on any atom is 0.189 e. The van der Waals surface area contributed by atoms with Gasteiger partial charge >= 0.3 is 0 Å². The van der Waals surface area contributed by atoms with Gasteiger partial charge in [-0.15, -0.1) is 0 Å². The zero-order chi connectivity index (χ0) is 15.9. The summed E-state index contributed by atoms with van der Waals surface area (Å²) < 4.78 is 0. The van der Waals surface area contributed by atoms with Crippen LogP contribution >= 0.6 is 11.8 Å². The van der Waals surface area contributed by atoms with Crippen molar-refractivity contribution < 1.29 is 10.4 Å². The molecule has 0 aromatic heterocycles. The van der Waals surface area contributed by atoms with Crippen molar-refractivity contribution in [1.82, 2.24) is 5.01 Å². The molecule has 1 unspecified atom stereocenters. The van der Waals surface area contributed by atoms with Gasteiger partial charge in [-0.25, -0.2) is 10.2 Å². The van der Waals surface area contributed by atoms with Crippen LogP contribution in [0.4, 0.5) is 5.69 Å². The highest BCUT2D eigenvalue weighted by Crippen LogP contribution is 2.37. The van der Waals surface area contributed by atoms with Crippen molar-refractivity contribution >= 4 is 34.0 Å². The fourth-order valence-corrected chi connectivity index (χ4v) is 3.58. The van der Waals surface area contributed by atoms with Crippen molar-refractivity contribution in [3.63, 3.8) is 0 Å². The van der Waals surface area contributed by atoms with E-state index < -0.39 is 5.23 Å². The molecule has 0 saturated heterocycles. The Morgan fingerprint density at radius 3 is 2.64 bits per heavy atom. The summed E-state index contributed by atoms with van der Waals surface area (Å²) in [7, 11) is 0. The predicted octanol–water partition coefficient (Wildman–Crippen LogP) is 2.35. The molecule has 22 heavy (non-hydrogen) atoms. The first kappa shape index (κ1) is 15.2. The van der Waals surface area contributed by atoms with Gasteiger partial charge in [0, 0.05) is 35.2 Å². The number of thioether (sulfide) groups is 1. The number of benzene rings is 1. The molecule has 7 heteroatoms. The van der Waals surface area contributed by atoms with Crippen LogP contribution in [0.15, 0.2) is 39.8 Å². The van der Waals surface area contributed by atoms with Crippen LogP contribution in [0.25, 0.3) is 5.70 Å². The Balaban J connectivity index is 1.95. The van der Waals surface area contributed by atoms with Gasteiger partial charge in [-0.3, -0.25) is 4.99 Å². The average molecular weight is 318 g/mol. The van der Waals surface area contributed by atoms with Crippen molar-refractivity contribution in [2.24, 2.45) is 10.1 Å². The van der Waals surface area contributed by atoms with Crippen molar-refractivity contribution in [3.05, 3.63) is 40.4 Å². The van der Waals surface area contributed by atoms with E-state index in [9.17, 15) is 5.21 Å². The first-order valence-corrected chi connectivity index (χ1v) is 7.88. The molecule has 1 aromatic carbocycles. The van der Waals surface area contributed by atoms with Crippen LogP contribution < -0.4 is 5.23 Å². The van der Waals surface area contributed by atoms with E-state index in [0.717, 1.165) is 28.6 Å². The van der Waals surface area contributed by atoms with Crippen LogP contribution in [0, 0.1) is 5.21 Å². The quantitative estimate of drug-likeness (QED) is 0.821. The molecule has 2 N–H and O–H groups in total. The van der Waals surface area contributed by atoms with E-state index in [0.29, 0.717) is 0 Å². The fraction of sp³-hybridized carbons (Fsp3) is 0.333. The summed E-state index contributed by atoms with van der Waals surface area (Å²) in [6, 6.07) is 6.83. The van der Waals surface area contributed by atoms with Crippen LogP contribution in [-0.2, 0) is 0 Å². The Morgan fingerprint density at radius 1 is 1.32 bits per heavy atom. The molecule has 0 spiro atoms. The highest BCUT2D eigenvalue weighted by molar-refractivity contribution is 8.16. The van der Waals surface area contributed by atoms with E-state index in [1.807, 2.05) is 17.3 Å². The molecular formula is C15H18N4O2S. The number of hydrogen-bond acceptors (Lipinski definition) is 6.